The van der Waals surface area contributed by atoms with Crippen molar-refractivity contribution >= 4 is 0 Å². The fraction of sp³-hybridized carbons (Fsp3) is 0.500. The van der Waals surface area contributed by atoms with Crippen LogP contribution in [0.25, 0.3) is 0 Å². The largest absolute Gasteiger partial charge is 0.366 e. The number of nitrogens with zero attached hydrogens (tertiary/aromatic N) is 1. The molecule has 1 aromatic rings. The standard InChI is InChI=1S/C12H14N2O2/c15-12-8-6-14(8)11(16-12)10-9(13-10)7-4-2-1-3-5-7/h1-5,8-13,15H,6H2/t8-,9-,10+,11-,12-,14?/m1/s1. The van der Waals surface area contributed by atoms with Gasteiger partial charge >= 0.3 is 0 Å². The van der Waals surface area contributed by atoms with Crippen molar-refractivity contribution in [3.63, 3.8) is 0 Å². The van der Waals surface area contributed by atoms with E-state index in [0.717, 1.165) is 6.54 Å². The number of hydrogen-bond acceptors (Lipinski definition) is 4. The van der Waals surface area contributed by atoms with E-state index in [1.54, 1.807) is 0 Å². The van der Waals surface area contributed by atoms with Crippen LogP contribution >= 0.6 is 0 Å². The molecule has 3 aliphatic rings. The number of rotatable bonds is 2. The van der Waals surface area contributed by atoms with E-state index < -0.39 is 6.29 Å². The van der Waals surface area contributed by atoms with Crippen molar-refractivity contribution in [3.8, 4) is 0 Å². The fourth-order valence-electron chi connectivity index (χ4n) is 2.68. The van der Waals surface area contributed by atoms with E-state index in [4.69, 9.17) is 4.74 Å². The van der Waals surface area contributed by atoms with Gasteiger partial charge in [0.05, 0.1) is 18.1 Å². The number of hydrogen-bond donors (Lipinski definition) is 2. The molecule has 4 rings (SSSR count). The van der Waals surface area contributed by atoms with Gasteiger partial charge < -0.3 is 15.2 Å². The number of aliphatic hydroxyl groups excluding tert-OH is 1. The molecule has 0 aliphatic carbocycles. The van der Waals surface area contributed by atoms with Crippen LogP contribution in [0.1, 0.15) is 11.6 Å². The second-order valence-corrected chi connectivity index (χ2v) is 4.76. The Morgan fingerprint density at radius 3 is 2.75 bits per heavy atom. The third kappa shape index (κ3) is 1.25. The number of aliphatic hydroxyl groups is 1. The first-order chi connectivity index (χ1) is 7.84. The van der Waals surface area contributed by atoms with Crippen LogP contribution in [-0.4, -0.2) is 41.2 Å². The second-order valence-electron chi connectivity index (χ2n) is 4.76. The molecule has 4 nitrogen and oxygen atoms in total. The Morgan fingerprint density at radius 2 is 2.12 bits per heavy atom. The number of nitrogens with one attached hydrogen (secondary N) is 1. The zero-order valence-corrected chi connectivity index (χ0v) is 8.78. The Balaban J connectivity index is 1.49. The number of fused-ring (bicyclic) bond motifs is 1. The molecule has 3 fully saturated rings. The van der Waals surface area contributed by atoms with Crippen molar-refractivity contribution in [1.29, 1.82) is 0 Å². The smallest absolute Gasteiger partial charge is 0.173 e. The topological polar surface area (TPSA) is 54.4 Å². The summed E-state index contributed by atoms with van der Waals surface area (Å²) in [5, 5.41) is 13.0. The van der Waals surface area contributed by atoms with Gasteiger partial charge in [0.25, 0.3) is 0 Å². The van der Waals surface area contributed by atoms with Crippen LogP contribution < -0.4 is 5.32 Å². The molecular weight excluding hydrogens is 204 g/mol. The van der Waals surface area contributed by atoms with Crippen molar-refractivity contribution in [2.24, 2.45) is 0 Å². The number of benzene rings is 1. The maximum atomic E-state index is 9.55. The highest BCUT2D eigenvalue weighted by atomic mass is 16.6. The lowest BCUT2D eigenvalue weighted by Gasteiger charge is -2.13. The molecule has 4 heteroatoms. The summed E-state index contributed by atoms with van der Waals surface area (Å²) in [6.45, 7) is 0.978. The summed E-state index contributed by atoms with van der Waals surface area (Å²) in [5.74, 6) is 0. The van der Waals surface area contributed by atoms with Crippen LogP contribution in [0.5, 0.6) is 0 Å². The molecule has 3 aliphatic heterocycles. The van der Waals surface area contributed by atoms with E-state index in [1.807, 2.05) is 6.07 Å². The summed E-state index contributed by atoms with van der Waals surface area (Å²) >= 11 is 0. The summed E-state index contributed by atoms with van der Waals surface area (Å²) in [6.07, 6.45) is -0.519. The molecule has 0 amide bonds. The van der Waals surface area contributed by atoms with Gasteiger partial charge in [0, 0.05) is 6.54 Å². The lowest BCUT2D eigenvalue weighted by Crippen LogP contribution is -2.28. The molecule has 16 heavy (non-hydrogen) atoms. The van der Waals surface area contributed by atoms with Crippen molar-refractivity contribution in [3.05, 3.63) is 35.9 Å². The molecular formula is C12H14N2O2. The lowest BCUT2D eigenvalue weighted by molar-refractivity contribution is -0.112. The maximum Gasteiger partial charge on any atom is 0.173 e. The van der Waals surface area contributed by atoms with Crippen LogP contribution in [0.2, 0.25) is 0 Å². The van der Waals surface area contributed by atoms with Gasteiger partial charge in [-0.2, -0.15) is 0 Å². The molecule has 1 unspecified atom stereocenters. The Morgan fingerprint density at radius 1 is 1.31 bits per heavy atom. The van der Waals surface area contributed by atoms with Crippen LogP contribution in [0, 0.1) is 0 Å². The summed E-state index contributed by atoms with van der Waals surface area (Å²) in [7, 11) is 0. The fourth-order valence-corrected chi connectivity index (χ4v) is 2.68. The molecule has 0 aromatic heterocycles. The van der Waals surface area contributed by atoms with E-state index >= 15 is 0 Å². The zero-order chi connectivity index (χ0) is 10.7. The van der Waals surface area contributed by atoms with Gasteiger partial charge in [0.2, 0.25) is 0 Å². The van der Waals surface area contributed by atoms with Gasteiger partial charge in [0.1, 0.15) is 6.23 Å². The second kappa shape index (κ2) is 3.05. The predicted molar refractivity (Wildman–Crippen MR) is 57.5 cm³/mol. The lowest BCUT2D eigenvalue weighted by atomic mass is 10.1. The normalized spacial score (nSPS) is 48.8. The SMILES string of the molecule is O[C@@H]1O[C@H]([C@H]2N[C@@H]2c2ccccc2)N2C[C@H]12. The third-order valence-corrected chi connectivity index (χ3v) is 3.71. The van der Waals surface area contributed by atoms with E-state index in [-0.39, 0.29) is 12.3 Å². The van der Waals surface area contributed by atoms with Gasteiger partial charge in [-0.3, -0.25) is 4.90 Å². The van der Waals surface area contributed by atoms with Gasteiger partial charge in [-0.05, 0) is 5.56 Å². The van der Waals surface area contributed by atoms with Gasteiger partial charge in [-0.1, -0.05) is 30.3 Å². The molecule has 0 bridgehead atoms. The quantitative estimate of drug-likeness (QED) is 0.689. The van der Waals surface area contributed by atoms with Gasteiger partial charge in [-0.15, -0.1) is 0 Å². The monoisotopic (exact) mass is 218 g/mol. The first-order valence-corrected chi connectivity index (χ1v) is 5.75. The molecule has 0 spiro atoms. The van der Waals surface area contributed by atoms with Crippen LogP contribution in [0.15, 0.2) is 30.3 Å². The first kappa shape index (κ1) is 9.13. The highest BCUT2D eigenvalue weighted by Crippen LogP contribution is 2.43. The van der Waals surface area contributed by atoms with Crippen molar-refractivity contribution in [2.75, 3.05) is 6.54 Å². The first-order valence-electron chi connectivity index (χ1n) is 5.75. The van der Waals surface area contributed by atoms with Crippen molar-refractivity contribution in [1.82, 2.24) is 10.2 Å². The Kier molecular flexibility index (Phi) is 1.74. The zero-order valence-electron chi connectivity index (χ0n) is 8.78. The van der Waals surface area contributed by atoms with Crippen molar-refractivity contribution in [2.45, 2.75) is 30.6 Å². The molecule has 0 radical (unpaired) electrons. The minimum Gasteiger partial charge on any atom is -0.366 e. The molecule has 3 heterocycles. The predicted octanol–water partition coefficient (Wildman–Crippen LogP) is 0.0584. The summed E-state index contributed by atoms with van der Waals surface area (Å²) in [5.41, 5.74) is 1.30. The van der Waals surface area contributed by atoms with E-state index in [2.05, 4.69) is 34.5 Å². The highest BCUT2D eigenvalue weighted by Gasteiger charge is 2.60. The van der Waals surface area contributed by atoms with Crippen LogP contribution in [-0.2, 0) is 4.74 Å². The average Bonchev–Trinajstić information content (AvgIpc) is 3.22. The summed E-state index contributed by atoms with van der Waals surface area (Å²) in [6, 6.07) is 11.4. The maximum absolute atomic E-state index is 9.55. The van der Waals surface area contributed by atoms with Gasteiger partial charge in [0.15, 0.2) is 6.29 Å². The van der Waals surface area contributed by atoms with E-state index in [0.29, 0.717) is 12.1 Å². The summed E-state index contributed by atoms with van der Waals surface area (Å²) in [4.78, 5) is 2.21. The minimum absolute atomic E-state index is 0.0604. The molecule has 84 valence electrons. The highest BCUT2D eigenvalue weighted by molar-refractivity contribution is 5.28. The minimum atomic E-state index is -0.580. The molecule has 2 N–H and O–H groups in total. The van der Waals surface area contributed by atoms with Gasteiger partial charge in [-0.25, -0.2) is 0 Å². The van der Waals surface area contributed by atoms with Crippen molar-refractivity contribution < 1.29 is 9.84 Å². The Hall–Kier alpha value is -0.940. The molecule has 0 saturated carbocycles. The third-order valence-electron chi connectivity index (χ3n) is 3.71. The van der Waals surface area contributed by atoms with Crippen LogP contribution in [0.4, 0.5) is 0 Å². The van der Waals surface area contributed by atoms with E-state index in [9.17, 15) is 5.11 Å². The summed E-state index contributed by atoms with van der Waals surface area (Å²) < 4.78 is 5.52. The number of ether oxygens (including phenoxy) is 1. The molecule has 1 aromatic carbocycles. The molecule has 3 saturated heterocycles. The van der Waals surface area contributed by atoms with E-state index in [1.165, 1.54) is 5.56 Å². The Labute approximate surface area is 93.8 Å². The molecule has 6 atom stereocenters. The Bertz CT molecular complexity index is 411. The van der Waals surface area contributed by atoms with Crippen LogP contribution in [0.3, 0.4) is 0 Å². The average molecular weight is 218 g/mol.